The van der Waals surface area contributed by atoms with Gasteiger partial charge in [0.15, 0.2) is 0 Å². The lowest BCUT2D eigenvalue weighted by Crippen LogP contribution is -2.18. The highest BCUT2D eigenvalue weighted by atomic mass is 19.4. The Morgan fingerprint density at radius 2 is 1.95 bits per heavy atom. The van der Waals surface area contributed by atoms with E-state index in [1.807, 2.05) is 0 Å². The first-order chi connectivity index (χ1) is 8.72. The van der Waals surface area contributed by atoms with E-state index in [9.17, 15) is 23.3 Å². The van der Waals surface area contributed by atoms with Crippen molar-refractivity contribution in [1.82, 2.24) is 4.57 Å². The predicted octanol–water partition coefficient (Wildman–Crippen LogP) is 3.73. The van der Waals surface area contributed by atoms with Gasteiger partial charge in [0.2, 0.25) is 0 Å². The van der Waals surface area contributed by atoms with Crippen molar-refractivity contribution < 1.29 is 18.1 Å². The number of aryl methyl sites for hydroxylation is 1. The Kier molecular flexibility index (Phi) is 3.00. The monoisotopic (exact) mass is 272 g/mol. The molecule has 0 aliphatic heterocycles. The molecule has 0 N–H and O–H groups in total. The smallest absolute Gasteiger partial charge is 0.335 e. The molecule has 0 atom stereocenters. The van der Waals surface area contributed by atoms with Crippen LogP contribution in [0.2, 0.25) is 0 Å². The molecule has 0 unspecified atom stereocenters. The molecule has 4 nitrogen and oxygen atoms in total. The van der Waals surface area contributed by atoms with Gasteiger partial charge in [-0.25, -0.2) is 0 Å². The van der Waals surface area contributed by atoms with Crippen LogP contribution in [-0.4, -0.2) is 15.7 Å². The van der Waals surface area contributed by atoms with Gasteiger partial charge >= 0.3 is 6.18 Å². The number of nitrogens with zero attached hydrogens (tertiary/aromatic N) is 2. The molecule has 2 rings (SSSR count). The van der Waals surface area contributed by atoms with Crippen molar-refractivity contribution in [1.29, 1.82) is 0 Å². The van der Waals surface area contributed by atoms with Crippen molar-refractivity contribution in [3.8, 4) is 0 Å². The van der Waals surface area contributed by atoms with Crippen molar-refractivity contribution in [2.24, 2.45) is 0 Å². The van der Waals surface area contributed by atoms with Crippen molar-refractivity contribution in [3.05, 3.63) is 39.6 Å². The molecule has 0 fully saturated rings. The molecular weight excluding hydrogens is 261 g/mol. The third kappa shape index (κ3) is 2.27. The molecule has 19 heavy (non-hydrogen) atoms. The second-order valence-corrected chi connectivity index (χ2v) is 4.34. The van der Waals surface area contributed by atoms with Crippen LogP contribution in [0.25, 0.3) is 10.9 Å². The minimum Gasteiger partial charge on any atom is -0.335 e. The van der Waals surface area contributed by atoms with Crippen LogP contribution >= 0.6 is 0 Å². The summed E-state index contributed by atoms with van der Waals surface area (Å²) in [6, 6.07) is 4.16. The average molecular weight is 272 g/mol. The number of alkyl halides is 3. The van der Waals surface area contributed by atoms with Gasteiger partial charge < -0.3 is 4.57 Å². The van der Waals surface area contributed by atoms with E-state index in [4.69, 9.17) is 0 Å². The summed E-state index contributed by atoms with van der Waals surface area (Å²) in [6.45, 7) is 1.98. The Bertz CT molecular complexity index is 659. The summed E-state index contributed by atoms with van der Waals surface area (Å²) in [5, 5.41) is 11.2. The summed E-state index contributed by atoms with van der Waals surface area (Å²) in [4.78, 5) is 10.4. The van der Waals surface area contributed by atoms with Crippen molar-refractivity contribution in [3.63, 3.8) is 0 Å². The molecule has 7 heteroatoms. The SMILES string of the molecule is Cc1c(C)n(CC(F)(F)F)c2cccc([N+](=O)[O-])c12. The topological polar surface area (TPSA) is 48.1 Å². The summed E-state index contributed by atoms with van der Waals surface area (Å²) in [5.41, 5.74) is 0.966. The van der Waals surface area contributed by atoms with Gasteiger partial charge in [-0.05, 0) is 25.5 Å². The lowest BCUT2D eigenvalue weighted by Gasteiger charge is -2.11. The number of aromatic nitrogens is 1. The standard InChI is InChI=1S/C12H11F3N2O2/c1-7-8(2)16(6-12(13,14)15)9-4-3-5-10(11(7)9)17(18)19/h3-5H,6H2,1-2H3. The summed E-state index contributed by atoms with van der Waals surface area (Å²) in [6.07, 6.45) is -4.37. The molecule has 0 saturated heterocycles. The number of non-ortho nitro benzene ring substituents is 1. The Hall–Kier alpha value is -2.05. The summed E-state index contributed by atoms with van der Waals surface area (Å²) in [5.74, 6) is 0. The minimum absolute atomic E-state index is 0.168. The zero-order valence-electron chi connectivity index (χ0n) is 10.3. The molecule has 0 amide bonds. The molecular formula is C12H11F3N2O2. The predicted molar refractivity (Wildman–Crippen MR) is 64.1 cm³/mol. The van der Waals surface area contributed by atoms with Gasteiger partial charge in [0.25, 0.3) is 5.69 Å². The highest BCUT2D eigenvalue weighted by molar-refractivity contribution is 5.93. The Morgan fingerprint density at radius 3 is 2.47 bits per heavy atom. The number of halogens is 3. The maximum atomic E-state index is 12.6. The third-order valence-corrected chi connectivity index (χ3v) is 3.17. The maximum Gasteiger partial charge on any atom is 0.406 e. The lowest BCUT2D eigenvalue weighted by molar-refractivity contribution is -0.383. The van der Waals surface area contributed by atoms with Crippen molar-refractivity contribution in [2.75, 3.05) is 0 Å². The Morgan fingerprint density at radius 1 is 1.32 bits per heavy atom. The van der Waals surface area contributed by atoms with E-state index in [1.165, 1.54) is 25.1 Å². The molecule has 0 radical (unpaired) electrons. The number of nitro benzene ring substituents is 1. The number of hydrogen-bond donors (Lipinski definition) is 0. The van der Waals surface area contributed by atoms with E-state index in [2.05, 4.69) is 0 Å². The largest absolute Gasteiger partial charge is 0.406 e. The molecule has 0 aliphatic rings. The summed E-state index contributed by atoms with van der Waals surface area (Å²) in [7, 11) is 0. The third-order valence-electron chi connectivity index (χ3n) is 3.17. The van der Waals surface area contributed by atoms with Gasteiger partial charge in [-0.15, -0.1) is 0 Å². The van der Waals surface area contributed by atoms with Gasteiger partial charge in [0.05, 0.1) is 15.8 Å². The highest BCUT2D eigenvalue weighted by Crippen LogP contribution is 2.34. The number of rotatable bonds is 2. The van der Waals surface area contributed by atoms with Crippen LogP contribution in [0.15, 0.2) is 18.2 Å². The Balaban J connectivity index is 2.77. The minimum atomic E-state index is -4.37. The fourth-order valence-corrected chi connectivity index (χ4v) is 2.24. The van der Waals surface area contributed by atoms with Crippen LogP contribution in [0.4, 0.5) is 18.9 Å². The quantitative estimate of drug-likeness (QED) is 0.617. The molecule has 102 valence electrons. The fraction of sp³-hybridized carbons (Fsp3) is 0.333. The van der Waals surface area contributed by atoms with E-state index in [0.717, 1.165) is 4.57 Å². The first kappa shape index (κ1) is 13.4. The average Bonchev–Trinajstić information content (AvgIpc) is 2.53. The van der Waals surface area contributed by atoms with Crippen LogP contribution in [0.1, 0.15) is 11.3 Å². The van der Waals surface area contributed by atoms with E-state index < -0.39 is 17.6 Å². The number of fused-ring (bicyclic) bond motifs is 1. The van der Waals surface area contributed by atoms with Gasteiger partial charge in [-0.2, -0.15) is 13.2 Å². The van der Waals surface area contributed by atoms with Crippen LogP contribution in [0.3, 0.4) is 0 Å². The lowest BCUT2D eigenvalue weighted by atomic mass is 10.1. The summed E-state index contributed by atoms with van der Waals surface area (Å²) < 4.78 is 38.8. The van der Waals surface area contributed by atoms with Crippen LogP contribution in [0.5, 0.6) is 0 Å². The number of nitro groups is 1. The molecule has 0 bridgehead atoms. The van der Waals surface area contributed by atoms with Gasteiger partial charge in [-0.1, -0.05) is 6.07 Å². The van der Waals surface area contributed by atoms with E-state index >= 15 is 0 Å². The van der Waals surface area contributed by atoms with Crippen molar-refractivity contribution >= 4 is 16.6 Å². The first-order valence-corrected chi connectivity index (χ1v) is 5.52. The molecule has 0 spiro atoms. The number of hydrogen-bond acceptors (Lipinski definition) is 2. The van der Waals surface area contributed by atoms with Crippen LogP contribution in [0, 0.1) is 24.0 Å². The summed E-state index contributed by atoms with van der Waals surface area (Å²) >= 11 is 0. The normalized spacial score (nSPS) is 12.1. The van der Waals surface area contributed by atoms with E-state index in [-0.39, 0.29) is 16.6 Å². The van der Waals surface area contributed by atoms with Gasteiger partial charge in [0.1, 0.15) is 6.54 Å². The van der Waals surface area contributed by atoms with Gasteiger partial charge in [-0.3, -0.25) is 10.1 Å². The molecule has 1 heterocycles. The van der Waals surface area contributed by atoms with E-state index in [1.54, 1.807) is 6.92 Å². The zero-order chi connectivity index (χ0) is 14.4. The molecule has 0 saturated carbocycles. The van der Waals surface area contributed by atoms with E-state index in [0.29, 0.717) is 11.3 Å². The van der Waals surface area contributed by atoms with Crippen molar-refractivity contribution in [2.45, 2.75) is 26.6 Å². The zero-order valence-corrected chi connectivity index (χ0v) is 10.3. The molecule has 0 aliphatic carbocycles. The second kappa shape index (κ2) is 4.25. The number of benzene rings is 1. The van der Waals surface area contributed by atoms with Crippen LogP contribution < -0.4 is 0 Å². The first-order valence-electron chi connectivity index (χ1n) is 5.52. The van der Waals surface area contributed by atoms with Crippen LogP contribution in [-0.2, 0) is 6.54 Å². The fourth-order valence-electron chi connectivity index (χ4n) is 2.24. The highest BCUT2D eigenvalue weighted by Gasteiger charge is 2.31. The molecule has 2 aromatic rings. The molecule has 1 aromatic carbocycles. The van der Waals surface area contributed by atoms with Gasteiger partial charge in [0, 0.05) is 11.8 Å². The Labute approximate surface area is 106 Å². The second-order valence-electron chi connectivity index (χ2n) is 4.34. The molecule has 1 aromatic heterocycles. The maximum absolute atomic E-state index is 12.6.